The topological polar surface area (TPSA) is 71.5 Å². The predicted molar refractivity (Wildman–Crippen MR) is 111 cm³/mol. The Bertz CT molecular complexity index is 858. The van der Waals surface area contributed by atoms with Gasteiger partial charge in [-0.25, -0.2) is 9.97 Å². The van der Waals surface area contributed by atoms with E-state index in [0.717, 1.165) is 68.3 Å². The second-order valence-electron chi connectivity index (χ2n) is 7.93. The maximum absolute atomic E-state index is 12.3. The summed E-state index contributed by atoms with van der Waals surface area (Å²) in [6, 6.07) is 6.03. The fourth-order valence-electron chi connectivity index (χ4n) is 4.36. The van der Waals surface area contributed by atoms with Crippen molar-refractivity contribution in [2.75, 3.05) is 38.3 Å². The standard InChI is InChI=1S/C22H29N5O2/c1-16-19-9-6-12-27(14-18-8-3-4-10-23-18)22(19)25-21(24-16)17-7-5-11-26(13-17)20(28)15-29-2/h3-4,8,10,17H,5-7,9,11-15H2,1-2H3. The van der Waals surface area contributed by atoms with Crippen molar-refractivity contribution >= 4 is 11.7 Å². The number of rotatable bonds is 5. The minimum Gasteiger partial charge on any atom is -0.375 e. The summed E-state index contributed by atoms with van der Waals surface area (Å²) < 4.78 is 5.03. The Kier molecular flexibility index (Phi) is 6.04. The van der Waals surface area contributed by atoms with Crippen molar-refractivity contribution in [1.29, 1.82) is 0 Å². The Labute approximate surface area is 172 Å². The van der Waals surface area contributed by atoms with E-state index in [1.54, 1.807) is 7.11 Å². The van der Waals surface area contributed by atoms with Crippen molar-refractivity contribution in [3.8, 4) is 0 Å². The number of aryl methyl sites for hydroxylation is 1. The normalized spacial score (nSPS) is 19.2. The van der Waals surface area contributed by atoms with Crippen molar-refractivity contribution < 1.29 is 9.53 Å². The lowest BCUT2D eigenvalue weighted by Crippen LogP contribution is -2.41. The number of amides is 1. The second-order valence-corrected chi connectivity index (χ2v) is 7.93. The predicted octanol–water partition coefficient (Wildman–Crippen LogP) is 2.49. The van der Waals surface area contributed by atoms with Gasteiger partial charge in [0.05, 0.1) is 12.2 Å². The molecule has 29 heavy (non-hydrogen) atoms. The summed E-state index contributed by atoms with van der Waals surface area (Å²) in [5, 5.41) is 0. The number of carbonyl (C=O) groups is 1. The molecule has 1 amide bonds. The van der Waals surface area contributed by atoms with E-state index in [1.807, 2.05) is 23.2 Å². The van der Waals surface area contributed by atoms with Gasteiger partial charge in [0.1, 0.15) is 18.2 Å². The zero-order valence-electron chi connectivity index (χ0n) is 17.3. The largest absolute Gasteiger partial charge is 0.375 e. The van der Waals surface area contributed by atoms with Crippen LogP contribution in [0, 0.1) is 6.92 Å². The number of fused-ring (bicyclic) bond motifs is 1. The molecule has 154 valence electrons. The number of hydrogen-bond acceptors (Lipinski definition) is 6. The van der Waals surface area contributed by atoms with Crippen LogP contribution in [-0.4, -0.2) is 59.1 Å². The quantitative estimate of drug-likeness (QED) is 0.775. The molecule has 1 fully saturated rings. The molecule has 0 radical (unpaired) electrons. The summed E-state index contributed by atoms with van der Waals surface area (Å²) in [6.07, 6.45) is 5.94. The lowest BCUT2D eigenvalue weighted by Gasteiger charge is -2.34. The number of hydrogen-bond donors (Lipinski definition) is 0. The van der Waals surface area contributed by atoms with Gasteiger partial charge in [0, 0.05) is 50.1 Å². The summed E-state index contributed by atoms with van der Waals surface area (Å²) in [5.41, 5.74) is 3.36. The first kappa shape index (κ1) is 19.8. The minimum atomic E-state index is 0.0451. The SMILES string of the molecule is COCC(=O)N1CCCC(c2nc(C)c3c(n2)N(Cc2ccccn2)CCC3)C1. The van der Waals surface area contributed by atoms with Crippen LogP contribution in [0.3, 0.4) is 0 Å². The van der Waals surface area contributed by atoms with Crippen LogP contribution in [0.1, 0.15) is 48.0 Å². The Balaban J connectivity index is 1.59. The highest BCUT2D eigenvalue weighted by molar-refractivity contribution is 5.77. The number of ether oxygens (including phenoxy) is 1. The lowest BCUT2D eigenvalue weighted by molar-refractivity contribution is -0.136. The van der Waals surface area contributed by atoms with Crippen LogP contribution < -0.4 is 4.90 Å². The Morgan fingerprint density at radius 1 is 1.24 bits per heavy atom. The van der Waals surface area contributed by atoms with E-state index in [1.165, 1.54) is 5.56 Å². The van der Waals surface area contributed by atoms with Crippen molar-refractivity contribution in [2.45, 2.75) is 45.1 Å². The van der Waals surface area contributed by atoms with E-state index in [0.29, 0.717) is 6.54 Å². The van der Waals surface area contributed by atoms with E-state index < -0.39 is 0 Å². The molecule has 0 aromatic carbocycles. The summed E-state index contributed by atoms with van der Waals surface area (Å²) in [5.74, 6) is 2.13. The maximum Gasteiger partial charge on any atom is 0.248 e. The smallest absolute Gasteiger partial charge is 0.248 e. The molecule has 1 atom stereocenters. The van der Waals surface area contributed by atoms with Gasteiger partial charge in [0.2, 0.25) is 5.91 Å². The molecule has 7 nitrogen and oxygen atoms in total. The van der Waals surface area contributed by atoms with Crippen molar-refractivity contribution in [1.82, 2.24) is 19.9 Å². The van der Waals surface area contributed by atoms with Crippen LogP contribution in [0.5, 0.6) is 0 Å². The fourth-order valence-corrected chi connectivity index (χ4v) is 4.36. The van der Waals surface area contributed by atoms with Crippen LogP contribution in [0.25, 0.3) is 0 Å². The van der Waals surface area contributed by atoms with Crippen LogP contribution in [0.15, 0.2) is 24.4 Å². The van der Waals surface area contributed by atoms with Gasteiger partial charge < -0.3 is 14.5 Å². The van der Waals surface area contributed by atoms with Crippen molar-refractivity contribution in [3.63, 3.8) is 0 Å². The molecule has 0 bridgehead atoms. The average Bonchev–Trinajstić information content (AvgIpc) is 2.75. The highest BCUT2D eigenvalue weighted by Gasteiger charge is 2.29. The van der Waals surface area contributed by atoms with Crippen molar-refractivity contribution in [3.05, 3.63) is 47.2 Å². The number of anilines is 1. The van der Waals surface area contributed by atoms with E-state index in [4.69, 9.17) is 14.7 Å². The first-order chi connectivity index (χ1) is 14.2. The van der Waals surface area contributed by atoms with E-state index in [2.05, 4.69) is 22.9 Å². The molecule has 0 spiro atoms. The summed E-state index contributed by atoms with van der Waals surface area (Å²) in [4.78, 5) is 30.9. The van der Waals surface area contributed by atoms with Gasteiger partial charge in [0.15, 0.2) is 0 Å². The molecule has 4 rings (SSSR count). The number of methoxy groups -OCH3 is 1. The van der Waals surface area contributed by atoms with Crippen LogP contribution in [0.2, 0.25) is 0 Å². The van der Waals surface area contributed by atoms with Crippen LogP contribution in [-0.2, 0) is 22.5 Å². The molecule has 2 aromatic rings. The molecule has 7 heteroatoms. The highest BCUT2D eigenvalue weighted by Crippen LogP contribution is 2.32. The molecule has 1 unspecified atom stereocenters. The average molecular weight is 396 g/mol. The molecule has 2 aliphatic heterocycles. The first-order valence-electron chi connectivity index (χ1n) is 10.4. The summed E-state index contributed by atoms with van der Waals surface area (Å²) in [7, 11) is 1.56. The Morgan fingerprint density at radius 3 is 2.93 bits per heavy atom. The maximum atomic E-state index is 12.3. The number of nitrogens with zero attached hydrogens (tertiary/aromatic N) is 5. The van der Waals surface area contributed by atoms with E-state index in [9.17, 15) is 4.79 Å². The molecule has 1 saturated heterocycles. The highest BCUT2D eigenvalue weighted by atomic mass is 16.5. The van der Waals surface area contributed by atoms with Gasteiger partial charge in [0.25, 0.3) is 0 Å². The molecule has 0 N–H and O–H groups in total. The number of carbonyl (C=O) groups excluding carboxylic acids is 1. The van der Waals surface area contributed by atoms with Crippen molar-refractivity contribution in [2.24, 2.45) is 0 Å². The number of aromatic nitrogens is 3. The molecule has 2 aliphatic rings. The molecular formula is C22H29N5O2. The molecular weight excluding hydrogens is 366 g/mol. The molecule has 0 aliphatic carbocycles. The van der Waals surface area contributed by atoms with Gasteiger partial charge in [-0.3, -0.25) is 9.78 Å². The third kappa shape index (κ3) is 4.40. The Morgan fingerprint density at radius 2 is 2.14 bits per heavy atom. The third-order valence-electron chi connectivity index (χ3n) is 5.85. The van der Waals surface area contributed by atoms with Gasteiger partial charge in [-0.15, -0.1) is 0 Å². The van der Waals surface area contributed by atoms with Gasteiger partial charge in [-0.1, -0.05) is 6.07 Å². The summed E-state index contributed by atoms with van der Waals surface area (Å²) in [6.45, 7) is 5.41. The zero-order valence-corrected chi connectivity index (χ0v) is 17.3. The second kappa shape index (κ2) is 8.86. The monoisotopic (exact) mass is 395 g/mol. The van der Waals surface area contributed by atoms with Gasteiger partial charge >= 0.3 is 0 Å². The summed E-state index contributed by atoms with van der Waals surface area (Å²) >= 11 is 0. The number of piperidine rings is 1. The molecule has 4 heterocycles. The Hall–Kier alpha value is -2.54. The van der Waals surface area contributed by atoms with Gasteiger partial charge in [-0.2, -0.15) is 0 Å². The van der Waals surface area contributed by atoms with E-state index in [-0.39, 0.29) is 18.4 Å². The number of pyridine rings is 1. The van der Waals surface area contributed by atoms with Gasteiger partial charge in [-0.05, 0) is 44.7 Å². The van der Waals surface area contributed by atoms with Crippen LogP contribution in [0.4, 0.5) is 5.82 Å². The number of likely N-dealkylation sites (tertiary alicyclic amines) is 1. The minimum absolute atomic E-state index is 0.0451. The van der Waals surface area contributed by atoms with E-state index >= 15 is 0 Å². The lowest BCUT2D eigenvalue weighted by atomic mass is 9.96. The fraction of sp³-hybridized carbons (Fsp3) is 0.545. The van der Waals surface area contributed by atoms with Crippen LogP contribution >= 0.6 is 0 Å². The molecule has 2 aromatic heterocycles. The molecule has 0 saturated carbocycles. The third-order valence-corrected chi connectivity index (χ3v) is 5.85. The zero-order chi connectivity index (χ0) is 20.2. The first-order valence-corrected chi connectivity index (χ1v) is 10.4.